The molecular weight excluding hydrogens is 344 g/mol. The van der Waals surface area contributed by atoms with Crippen LogP contribution in [0.15, 0.2) is 59.9 Å². The highest BCUT2D eigenvalue weighted by molar-refractivity contribution is 7.99. The number of nitrogens with one attached hydrogen (secondary N) is 1. The first-order valence-corrected chi connectivity index (χ1v) is 8.48. The van der Waals surface area contributed by atoms with Gasteiger partial charge in [-0.25, -0.2) is 13.8 Å². The zero-order valence-corrected chi connectivity index (χ0v) is 14.2. The normalized spacial score (nSPS) is 10.7. The van der Waals surface area contributed by atoms with E-state index in [0.29, 0.717) is 5.16 Å². The molecule has 4 nitrogen and oxygen atoms in total. The molecule has 0 saturated carbocycles. The van der Waals surface area contributed by atoms with Gasteiger partial charge in [-0.05, 0) is 17.7 Å². The lowest BCUT2D eigenvalue weighted by Gasteiger charge is -2.07. The average Bonchev–Trinajstić information content (AvgIpc) is 2.98. The molecule has 2 aromatic carbocycles. The Morgan fingerprint density at radius 2 is 1.92 bits per heavy atom. The molecule has 0 fully saturated rings. The summed E-state index contributed by atoms with van der Waals surface area (Å²) in [6, 6.07) is 13.1. The van der Waals surface area contributed by atoms with Crippen LogP contribution in [0.3, 0.4) is 0 Å². The number of carbonyl (C=O) groups is 1. The Balaban J connectivity index is 1.63. The Morgan fingerprint density at radius 1 is 1.16 bits per heavy atom. The summed E-state index contributed by atoms with van der Waals surface area (Å²) in [5.74, 6) is -2.16. The Kier molecular flexibility index (Phi) is 5.14. The second kappa shape index (κ2) is 7.48. The first kappa shape index (κ1) is 17.2. The molecule has 0 radical (unpaired) electrons. The molecule has 0 aliphatic rings. The summed E-state index contributed by atoms with van der Waals surface area (Å²) in [7, 11) is 1.88. The van der Waals surface area contributed by atoms with E-state index < -0.39 is 11.6 Å². The molecule has 7 heteroatoms. The van der Waals surface area contributed by atoms with Gasteiger partial charge in [0, 0.05) is 18.8 Å². The highest BCUT2D eigenvalue weighted by Gasteiger charge is 2.12. The van der Waals surface area contributed by atoms with Gasteiger partial charge in [0.2, 0.25) is 5.91 Å². The maximum absolute atomic E-state index is 13.2. The molecule has 3 aromatic rings. The average molecular weight is 359 g/mol. The van der Waals surface area contributed by atoms with E-state index in [-0.39, 0.29) is 17.3 Å². The molecular formula is C18H15F2N3OS. The fourth-order valence-electron chi connectivity index (χ4n) is 2.30. The summed E-state index contributed by atoms with van der Waals surface area (Å²) >= 11 is 1.27. The number of halogens is 2. The number of rotatable bonds is 5. The third-order valence-electron chi connectivity index (χ3n) is 3.55. The van der Waals surface area contributed by atoms with Gasteiger partial charge in [0.25, 0.3) is 0 Å². The molecule has 0 aliphatic carbocycles. The van der Waals surface area contributed by atoms with Crippen LogP contribution in [0.2, 0.25) is 0 Å². The lowest BCUT2D eigenvalue weighted by Crippen LogP contribution is -2.14. The van der Waals surface area contributed by atoms with Gasteiger partial charge in [-0.2, -0.15) is 0 Å². The summed E-state index contributed by atoms with van der Waals surface area (Å²) in [5.41, 5.74) is 2.20. The zero-order valence-electron chi connectivity index (χ0n) is 13.4. The number of thioether (sulfide) groups is 1. The number of amides is 1. The van der Waals surface area contributed by atoms with Crippen LogP contribution in [-0.2, 0) is 11.8 Å². The van der Waals surface area contributed by atoms with Crippen LogP contribution in [0.1, 0.15) is 0 Å². The van der Waals surface area contributed by atoms with Crippen molar-refractivity contribution in [1.29, 1.82) is 0 Å². The molecule has 3 rings (SSSR count). The second-order valence-electron chi connectivity index (χ2n) is 5.32. The van der Waals surface area contributed by atoms with Crippen LogP contribution in [0.4, 0.5) is 14.5 Å². The van der Waals surface area contributed by atoms with Crippen LogP contribution >= 0.6 is 11.8 Å². The van der Waals surface area contributed by atoms with E-state index in [1.165, 1.54) is 17.8 Å². The summed E-state index contributed by atoms with van der Waals surface area (Å²) in [5, 5.41) is 3.23. The van der Waals surface area contributed by atoms with Crippen molar-refractivity contribution in [3.05, 3.63) is 66.4 Å². The molecule has 0 spiro atoms. The number of imidazole rings is 1. The molecule has 1 amide bonds. The molecule has 0 atom stereocenters. The van der Waals surface area contributed by atoms with Crippen LogP contribution in [-0.4, -0.2) is 21.2 Å². The zero-order chi connectivity index (χ0) is 17.8. The minimum atomic E-state index is -0.998. The van der Waals surface area contributed by atoms with E-state index in [1.54, 1.807) is 6.20 Å². The highest BCUT2D eigenvalue weighted by atomic mass is 32.2. The molecule has 0 bridgehead atoms. The minimum Gasteiger partial charge on any atom is -0.325 e. The van der Waals surface area contributed by atoms with E-state index in [0.717, 1.165) is 23.4 Å². The Bertz CT molecular complexity index is 897. The maximum Gasteiger partial charge on any atom is 0.234 e. The predicted octanol–water partition coefficient (Wildman–Crippen LogP) is 4.10. The predicted molar refractivity (Wildman–Crippen MR) is 94.4 cm³/mol. The topological polar surface area (TPSA) is 46.9 Å². The second-order valence-corrected chi connectivity index (χ2v) is 6.26. The number of anilines is 1. The van der Waals surface area contributed by atoms with Crippen LogP contribution in [0.25, 0.3) is 11.3 Å². The van der Waals surface area contributed by atoms with Gasteiger partial charge < -0.3 is 9.88 Å². The van der Waals surface area contributed by atoms with Gasteiger partial charge in [-0.1, -0.05) is 42.1 Å². The largest absolute Gasteiger partial charge is 0.325 e. The third-order valence-corrected chi connectivity index (χ3v) is 4.59. The fraction of sp³-hybridized carbons (Fsp3) is 0.111. The molecule has 0 aliphatic heterocycles. The van der Waals surface area contributed by atoms with E-state index in [9.17, 15) is 13.6 Å². The summed E-state index contributed by atoms with van der Waals surface area (Å²) in [6.45, 7) is 0. The lowest BCUT2D eigenvalue weighted by atomic mass is 10.2. The first-order chi connectivity index (χ1) is 12.0. The number of benzene rings is 2. The Labute approximate surface area is 147 Å². The van der Waals surface area contributed by atoms with Crippen LogP contribution in [0, 0.1) is 11.6 Å². The lowest BCUT2D eigenvalue weighted by molar-refractivity contribution is -0.113. The van der Waals surface area contributed by atoms with Gasteiger partial charge in [-0.15, -0.1) is 0 Å². The number of aromatic nitrogens is 2. The molecule has 128 valence electrons. The summed E-state index contributed by atoms with van der Waals surface area (Å²) in [4.78, 5) is 16.3. The Hall–Kier alpha value is -2.67. The van der Waals surface area contributed by atoms with Gasteiger partial charge >= 0.3 is 0 Å². The Morgan fingerprint density at radius 3 is 2.64 bits per heavy atom. The fourth-order valence-corrected chi connectivity index (χ4v) is 3.06. The van der Waals surface area contributed by atoms with Crippen molar-refractivity contribution in [3.63, 3.8) is 0 Å². The van der Waals surface area contributed by atoms with E-state index >= 15 is 0 Å². The smallest absolute Gasteiger partial charge is 0.234 e. The van der Waals surface area contributed by atoms with Gasteiger partial charge in [0.1, 0.15) is 0 Å². The minimum absolute atomic E-state index is 0.109. The van der Waals surface area contributed by atoms with Crippen molar-refractivity contribution in [2.45, 2.75) is 5.16 Å². The number of nitrogens with zero attached hydrogens (tertiary/aromatic N) is 2. The van der Waals surface area contributed by atoms with Crippen molar-refractivity contribution < 1.29 is 13.6 Å². The molecule has 25 heavy (non-hydrogen) atoms. The SMILES string of the molecule is Cn1c(-c2ccccc2)cnc1SCC(=O)Nc1ccc(F)c(F)c1. The van der Waals surface area contributed by atoms with E-state index in [1.807, 2.05) is 41.9 Å². The van der Waals surface area contributed by atoms with Crippen molar-refractivity contribution in [2.75, 3.05) is 11.1 Å². The number of hydrogen-bond acceptors (Lipinski definition) is 3. The first-order valence-electron chi connectivity index (χ1n) is 7.49. The molecule has 1 heterocycles. The summed E-state index contributed by atoms with van der Waals surface area (Å²) < 4.78 is 27.9. The standard InChI is InChI=1S/C18H15F2N3OS/c1-23-16(12-5-3-2-4-6-12)10-21-18(23)25-11-17(24)22-13-7-8-14(19)15(20)9-13/h2-10H,11H2,1H3,(H,22,24). The van der Waals surface area contributed by atoms with Crippen molar-refractivity contribution >= 4 is 23.4 Å². The monoisotopic (exact) mass is 359 g/mol. The van der Waals surface area contributed by atoms with Crippen LogP contribution in [0.5, 0.6) is 0 Å². The van der Waals surface area contributed by atoms with Crippen LogP contribution < -0.4 is 5.32 Å². The number of hydrogen-bond donors (Lipinski definition) is 1. The quantitative estimate of drug-likeness (QED) is 0.698. The summed E-state index contributed by atoms with van der Waals surface area (Å²) in [6.07, 6.45) is 1.75. The van der Waals surface area contributed by atoms with Crippen molar-refractivity contribution in [3.8, 4) is 11.3 Å². The van der Waals surface area contributed by atoms with E-state index in [2.05, 4.69) is 10.3 Å². The molecule has 0 unspecified atom stereocenters. The molecule has 0 saturated heterocycles. The molecule has 1 aromatic heterocycles. The third kappa shape index (κ3) is 4.06. The van der Waals surface area contributed by atoms with Crippen molar-refractivity contribution in [2.24, 2.45) is 7.05 Å². The molecule has 1 N–H and O–H groups in total. The maximum atomic E-state index is 13.2. The van der Waals surface area contributed by atoms with Gasteiger partial charge in [0.05, 0.1) is 17.6 Å². The van der Waals surface area contributed by atoms with Gasteiger partial charge in [-0.3, -0.25) is 4.79 Å². The number of carbonyl (C=O) groups excluding carboxylic acids is 1. The van der Waals surface area contributed by atoms with E-state index in [4.69, 9.17) is 0 Å². The van der Waals surface area contributed by atoms with Gasteiger partial charge in [0.15, 0.2) is 16.8 Å². The van der Waals surface area contributed by atoms with Crippen molar-refractivity contribution in [1.82, 2.24) is 9.55 Å². The highest BCUT2D eigenvalue weighted by Crippen LogP contribution is 2.24.